The topological polar surface area (TPSA) is 38.3 Å². The zero-order chi connectivity index (χ0) is 14.4. The van der Waals surface area contributed by atoms with E-state index in [0.717, 1.165) is 31.6 Å². The number of carbonyl (C=O) groups is 1. The number of esters is 1. The van der Waals surface area contributed by atoms with E-state index in [2.05, 4.69) is 12.2 Å². The van der Waals surface area contributed by atoms with Crippen LogP contribution in [0.25, 0.3) is 0 Å². The largest absolute Gasteiger partial charge is 0.465 e. The summed E-state index contributed by atoms with van der Waals surface area (Å²) in [5, 5.41) is 3.74. The van der Waals surface area contributed by atoms with Crippen LogP contribution < -0.4 is 5.32 Å². The summed E-state index contributed by atoms with van der Waals surface area (Å²) in [6, 6.07) is 0.510. The smallest absolute Gasteiger partial charge is 0.326 e. The fraction of sp³-hybridized carbons (Fsp3) is 0.941. The summed E-state index contributed by atoms with van der Waals surface area (Å²) in [4.78, 5) is 12.5. The van der Waals surface area contributed by atoms with Gasteiger partial charge in [-0.05, 0) is 51.4 Å². The molecule has 0 spiro atoms. The maximum absolute atomic E-state index is 12.5. The lowest BCUT2D eigenvalue weighted by Crippen LogP contribution is -2.58. The van der Waals surface area contributed by atoms with E-state index in [1.54, 1.807) is 0 Å². The molecule has 0 aliphatic heterocycles. The van der Waals surface area contributed by atoms with Gasteiger partial charge in [0.1, 0.15) is 5.54 Å². The molecule has 0 bridgehead atoms. The average molecular weight is 281 g/mol. The lowest BCUT2D eigenvalue weighted by atomic mass is 9.76. The van der Waals surface area contributed by atoms with Gasteiger partial charge in [-0.2, -0.15) is 0 Å². The molecule has 2 saturated carbocycles. The minimum atomic E-state index is -0.391. The van der Waals surface area contributed by atoms with Crippen LogP contribution in [0, 0.1) is 5.92 Å². The van der Waals surface area contributed by atoms with Crippen molar-refractivity contribution in [1.29, 1.82) is 0 Å². The van der Waals surface area contributed by atoms with Gasteiger partial charge >= 0.3 is 5.97 Å². The second-order valence-electron chi connectivity index (χ2n) is 6.82. The average Bonchev–Trinajstić information content (AvgIpc) is 2.70. The molecule has 2 aliphatic rings. The van der Waals surface area contributed by atoms with Crippen molar-refractivity contribution in [2.24, 2.45) is 5.92 Å². The third kappa shape index (κ3) is 3.97. The van der Waals surface area contributed by atoms with Crippen LogP contribution in [0.4, 0.5) is 0 Å². The Hall–Kier alpha value is -0.570. The van der Waals surface area contributed by atoms with Crippen molar-refractivity contribution in [3.63, 3.8) is 0 Å². The Bertz CT molecular complexity index is 300. The van der Waals surface area contributed by atoms with Crippen LogP contribution in [0.5, 0.6) is 0 Å². The number of carbonyl (C=O) groups excluding carboxylic acids is 1. The molecule has 2 aliphatic carbocycles. The van der Waals surface area contributed by atoms with Crippen LogP contribution >= 0.6 is 0 Å². The number of hydrogen-bond acceptors (Lipinski definition) is 3. The zero-order valence-electron chi connectivity index (χ0n) is 13.2. The highest BCUT2D eigenvalue weighted by atomic mass is 16.5. The molecular weight excluding hydrogens is 250 g/mol. The number of nitrogens with one attached hydrogen (secondary N) is 1. The molecule has 0 aromatic carbocycles. The Labute approximate surface area is 123 Å². The van der Waals surface area contributed by atoms with Crippen molar-refractivity contribution in [3.8, 4) is 0 Å². The number of rotatable bonds is 4. The summed E-state index contributed by atoms with van der Waals surface area (Å²) in [7, 11) is 0. The normalized spacial score (nSPS) is 32.6. The monoisotopic (exact) mass is 281 g/mol. The second kappa shape index (κ2) is 7.44. The SMILES string of the molecule is CCOC(=O)C1(NC2CCCCCC2)CCC(C)CC1. The van der Waals surface area contributed by atoms with Gasteiger partial charge in [-0.25, -0.2) is 0 Å². The molecule has 3 nitrogen and oxygen atoms in total. The van der Waals surface area contributed by atoms with Gasteiger partial charge in [0.2, 0.25) is 0 Å². The fourth-order valence-electron chi connectivity index (χ4n) is 3.75. The molecule has 0 aromatic heterocycles. The van der Waals surface area contributed by atoms with E-state index in [-0.39, 0.29) is 5.97 Å². The number of ether oxygens (including phenoxy) is 1. The zero-order valence-corrected chi connectivity index (χ0v) is 13.2. The standard InChI is InChI=1S/C17H31NO2/c1-3-20-16(19)17(12-10-14(2)11-13-17)18-15-8-6-4-5-7-9-15/h14-15,18H,3-13H2,1-2H3. The molecule has 116 valence electrons. The molecule has 0 amide bonds. The highest BCUT2D eigenvalue weighted by Gasteiger charge is 2.43. The van der Waals surface area contributed by atoms with E-state index in [0.29, 0.717) is 12.6 Å². The van der Waals surface area contributed by atoms with Crippen LogP contribution in [0.3, 0.4) is 0 Å². The Morgan fingerprint density at radius 1 is 1.10 bits per heavy atom. The highest BCUT2D eigenvalue weighted by Crippen LogP contribution is 2.34. The third-order valence-corrected chi connectivity index (χ3v) is 5.13. The molecule has 0 radical (unpaired) electrons. The molecular formula is C17H31NO2. The molecule has 0 heterocycles. The molecule has 20 heavy (non-hydrogen) atoms. The quantitative estimate of drug-likeness (QED) is 0.629. The van der Waals surface area contributed by atoms with Crippen LogP contribution in [0.2, 0.25) is 0 Å². The fourth-order valence-corrected chi connectivity index (χ4v) is 3.75. The van der Waals surface area contributed by atoms with E-state index in [9.17, 15) is 4.79 Å². The van der Waals surface area contributed by atoms with Crippen LogP contribution in [0.1, 0.15) is 78.1 Å². The Morgan fingerprint density at radius 3 is 2.25 bits per heavy atom. The minimum absolute atomic E-state index is 0.00357. The van der Waals surface area contributed by atoms with Crippen molar-refractivity contribution in [2.45, 2.75) is 89.6 Å². The van der Waals surface area contributed by atoms with E-state index in [1.807, 2.05) is 6.92 Å². The summed E-state index contributed by atoms with van der Waals surface area (Å²) in [5.74, 6) is 0.740. The van der Waals surface area contributed by atoms with Gasteiger partial charge in [-0.15, -0.1) is 0 Å². The lowest BCUT2D eigenvalue weighted by molar-refractivity contribution is -0.153. The predicted molar refractivity (Wildman–Crippen MR) is 81.6 cm³/mol. The van der Waals surface area contributed by atoms with Gasteiger partial charge in [0.25, 0.3) is 0 Å². The first kappa shape index (κ1) is 15.8. The Kier molecular flexibility index (Phi) is 5.88. The maximum atomic E-state index is 12.5. The van der Waals surface area contributed by atoms with Gasteiger partial charge in [0.15, 0.2) is 0 Å². The summed E-state index contributed by atoms with van der Waals surface area (Å²) >= 11 is 0. The molecule has 0 unspecified atom stereocenters. The maximum Gasteiger partial charge on any atom is 0.326 e. The molecule has 1 N–H and O–H groups in total. The van der Waals surface area contributed by atoms with Crippen molar-refractivity contribution in [3.05, 3.63) is 0 Å². The minimum Gasteiger partial charge on any atom is -0.465 e. The van der Waals surface area contributed by atoms with E-state index >= 15 is 0 Å². The molecule has 3 heteroatoms. The number of hydrogen-bond donors (Lipinski definition) is 1. The van der Waals surface area contributed by atoms with Gasteiger partial charge in [0, 0.05) is 6.04 Å². The Morgan fingerprint density at radius 2 is 1.70 bits per heavy atom. The molecule has 2 fully saturated rings. The van der Waals surface area contributed by atoms with E-state index < -0.39 is 5.54 Å². The van der Waals surface area contributed by atoms with Crippen molar-refractivity contribution < 1.29 is 9.53 Å². The molecule has 2 rings (SSSR count). The summed E-state index contributed by atoms with van der Waals surface area (Å²) in [5.41, 5.74) is -0.391. The Balaban J connectivity index is 2.03. The first-order chi connectivity index (χ1) is 9.66. The van der Waals surface area contributed by atoms with Gasteiger partial charge < -0.3 is 4.74 Å². The molecule has 0 aromatic rings. The lowest BCUT2D eigenvalue weighted by Gasteiger charge is -2.40. The van der Waals surface area contributed by atoms with Crippen LogP contribution in [0.15, 0.2) is 0 Å². The third-order valence-electron chi connectivity index (χ3n) is 5.13. The summed E-state index contributed by atoms with van der Waals surface area (Å²) < 4.78 is 5.39. The van der Waals surface area contributed by atoms with Gasteiger partial charge in [-0.1, -0.05) is 32.6 Å². The van der Waals surface area contributed by atoms with Crippen molar-refractivity contribution >= 4 is 5.97 Å². The van der Waals surface area contributed by atoms with Gasteiger partial charge in [-0.3, -0.25) is 10.1 Å². The summed E-state index contributed by atoms with van der Waals surface area (Å²) in [6.07, 6.45) is 11.9. The van der Waals surface area contributed by atoms with Gasteiger partial charge in [0.05, 0.1) is 6.61 Å². The molecule has 0 atom stereocenters. The first-order valence-corrected chi connectivity index (χ1v) is 8.61. The van der Waals surface area contributed by atoms with Crippen LogP contribution in [-0.2, 0) is 9.53 Å². The molecule has 0 saturated heterocycles. The second-order valence-corrected chi connectivity index (χ2v) is 6.82. The summed E-state index contributed by atoms with van der Waals surface area (Å²) in [6.45, 7) is 4.69. The van der Waals surface area contributed by atoms with Crippen LogP contribution in [-0.4, -0.2) is 24.2 Å². The highest BCUT2D eigenvalue weighted by molar-refractivity contribution is 5.81. The van der Waals surface area contributed by atoms with Crippen molar-refractivity contribution in [1.82, 2.24) is 5.32 Å². The predicted octanol–water partition coefficient (Wildman–Crippen LogP) is 3.81. The van der Waals surface area contributed by atoms with E-state index in [1.165, 1.54) is 38.5 Å². The first-order valence-electron chi connectivity index (χ1n) is 8.61. The van der Waals surface area contributed by atoms with E-state index in [4.69, 9.17) is 4.74 Å². The van der Waals surface area contributed by atoms with Crippen molar-refractivity contribution in [2.75, 3.05) is 6.61 Å².